The van der Waals surface area contributed by atoms with Crippen molar-refractivity contribution in [2.24, 2.45) is 4.99 Å². The Morgan fingerprint density at radius 3 is 2.90 bits per heavy atom. The lowest BCUT2D eigenvalue weighted by Crippen LogP contribution is -2.15. The third-order valence-electron chi connectivity index (χ3n) is 4.13. The molecule has 0 unspecified atom stereocenters. The average molecular weight is 407 g/mol. The minimum atomic E-state index is -0.506. The van der Waals surface area contributed by atoms with E-state index in [1.54, 1.807) is 16.7 Å². The lowest BCUT2D eigenvalue weighted by molar-refractivity contribution is -0.384. The summed E-state index contributed by atoms with van der Waals surface area (Å²) in [6.07, 6.45) is 8.22. The second-order valence-corrected chi connectivity index (χ2v) is 6.99. The molecule has 0 aliphatic carbocycles. The maximum absolute atomic E-state index is 12.3. The Bertz CT molecular complexity index is 1280. The summed E-state index contributed by atoms with van der Waals surface area (Å²) in [4.78, 5) is 27.3. The molecule has 4 rings (SSSR count). The summed E-state index contributed by atoms with van der Waals surface area (Å²) >= 11 is 1.31. The van der Waals surface area contributed by atoms with Crippen LogP contribution in [0.25, 0.3) is 16.3 Å². The predicted octanol–water partition coefficient (Wildman–Crippen LogP) is 3.11. The maximum atomic E-state index is 12.3. The molecule has 0 saturated carbocycles. The number of nitro benzene ring substituents is 1. The van der Waals surface area contributed by atoms with Gasteiger partial charge in [-0.25, -0.2) is 0 Å². The van der Waals surface area contributed by atoms with Crippen molar-refractivity contribution in [2.45, 2.75) is 6.54 Å². The summed E-state index contributed by atoms with van der Waals surface area (Å²) in [6.45, 7) is 0.403. The molecule has 1 aliphatic heterocycles. The third-order valence-corrected chi connectivity index (χ3v) is 5.17. The van der Waals surface area contributed by atoms with Crippen molar-refractivity contribution < 1.29 is 19.2 Å². The van der Waals surface area contributed by atoms with Crippen molar-refractivity contribution in [3.63, 3.8) is 0 Å². The number of amides is 1. The van der Waals surface area contributed by atoms with Crippen LogP contribution in [0.4, 0.5) is 5.69 Å². The maximum Gasteiger partial charge on any atom is 0.272 e. The molecule has 29 heavy (non-hydrogen) atoms. The molecule has 0 bridgehead atoms. The molecule has 2 aromatic carbocycles. The summed E-state index contributed by atoms with van der Waals surface area (Å²) in [5.74, 6) is 3.31. The number of aromatic nitrogens is 1. The van der Waals surface area contributed by atoms with Gasteiger partial charge in [0.15, 0.2) is 16.3 Å². The fourth-order valence-corrected chi connectivity index (χ4v) is 3.88. The Hall–Kier alpha value is -3.90. The summed E-state index contributed by atoms with van der Waals surface area (Å²) in [6, 6.07) is 9.62. The molecule has 0 atom stereocenters. The summed E-state index contributed by atoms with van der Waals surface area (Å²) < 4.78 is 13.4. The van der Waals surface area contributed by atoms with Crippen LogP contribution in [0.15, 0.2) is 47.5 Å². The number of hydrogen-bond donors (Lipinski definition) is 0. The van der Waals surface area contributed by atoms with E-state index < -0.39 is 10.8 Å². The first-order valence-electron chi connectivity index (χ1n) is 8.43. The molecule has 9 heteroatoms. The Balaban J connectivity index is 1.69. The van der Waals surface area contributed by atoms with Crippen molar-refractivity contribution >= 4 is 39.2 Å². The number of non-ortho nitro benzene ring substituents is 1. The molecule has 1 amide bonds. The third kappa shape index (κ3) is 3.74. The normalized spacial score (nSPS) is 13.1. The zero-order valence-electron chi connectivity index (χ0n) is 14.9. The first-order valence-corrected chi connectivity index (χ1v) is 9.24. The Morgan fingerprint density at radius 1 is 1.34 bits per heavy atom. The number of thiazole rings is 1. The van der Waals surface area contributed by atoms with Gasteiger partial charge in [-0.2, -0.15) is 4.99 Å². The number of carbonyl (C=O) groups is 1. The van der Waals surface area contributed by atoms with Crippen LogP contribution in [0.1, 0.15) is 5.56 Å². The van der Waals surface area contributed by atoms with Crippen molar-refractivity contribution in [1.82, 2.24) is 4.57 Å². The number of terminal acetylenes is 1. The zero-order chi connectivity index (χ0) is 20.4. The highest BCUT2D eigenvalue weighted by Gasteiger charge is 2.17. The highest BCUT2D eigenvalue weighted by molar-refractivity contribution is 7.16. The van der Waals surface area contributed by atoms with E-state index in [4.69, 9.17) is 15.9 Å². The van der Waals surface area contributed by atoms with E-state index in [2.05, 4.69) is 10.9 Å². The Morgan fingerprint density at radius 2 is 2.14 bits per heavy atom. The van der Waals surface area contributed by atoms with E-state index in [1.165, 1.54) is 35.6 Å². The second-order valence-electron chi connectivity index (χ2n) is 5.98. The van der Waals surface area contributed by atoms with Crippen molar-refractivity contribution in [3.05, 3.63) is 63.0 Å². The lowest BCUT2D eigenvalue weighted by atomic mass is 10.2. The smallest absolute Gasteiger partial charge is 0.272 e. The highest BCUT2D eigenvalue weighted by atomic mass is 32.1. The van der Waals surface area contributed by atoms with Gasteiger partial charge in [0.2, 0.25) is 6.79 Å². The van der Waals surface area contributed by atoms with Gasteiger partial charge in [0.25, 0.3) is 11.6 Å². The van der Waals surface area contributed by atoms with Gasteiger partial charge < -0.3 is 14.0 Å². The SMILES string of the molecule is C#CCn1c(=NC(=O)/C=C/c2cccc([N+](=O)[O-])c2)sc2cc3c(cc21)OCO3. The van der Waals surface area contributed by atoms with Crippen LogP contribution < -0.4 is 14.3 Å². The molecule has 0 spiro atoms. The standard InChI is InChI=1S/C20H13N3O5S/c1-2-8-22-15-10-16-17(28-12-27-16)11-18(15)29-20(22)21-19(24)7-6-13-4-3-5-14(9-13)23(25)26/h1,3-7,9-11H,8,12H2/b7-6+,21-20?. The van der Waals surface area contributed by atoms with E-state index in [1.807, 2.05) is 12.1 Å². The van der Waals surface area contributed by atoms with Gasteiger partial charge in [-0.15, -0.1) is 6.42 Å². The molecule has 0 radical (unpaired) electrons. The van der Waals surface area contributed by atoms with Gasteiger partial charge in [-0.05, 0) is 11.6 Å². The van der Waals surface area contributed by atoms with E-state index in [9.17, 15) is 14.9 Å². The van der Waals surface area contributed by atoms with Crippen LogP contribution >= 0.6 is 11.3 Å². The summed E-state index contributed by atoms with van der Waals surface area (Å²) in [7, 11) is 0. The largest absolute Gasteiger partial charge is 0.454 e. The minimum absolute atomic E-state index is 0.0506. The molecule has 8 nitrogen and oxygen atoms in total. The van der Waals surface area contributed by atoms with Gasteiger partial charge >= 0.3 is 0 Å². The number of ether oxygens (including phenoxy) is 2. The van der Waals surface area contributed by atoms with E-state index in [-0.39, 0.29) is 19.0 Å². The number of rotatable bonds is 4. The van der Waals surface area contributed by atoms with Crippen LogP contribution in [0.3, 0.4) is 0 Å². The lowest BCUT2D eigenvalue weighted by Gasteiger charge is -2.01. The molecule has 0 saturated heterocycles. The minimum Gasteiger partial charge on any atom is -0.454 e. The van der Waals surface area contributed by atoms with E-state index in [0.29, 0.717) is 21.9 Å². The molecule has 1 aromatic heterocycles. The van der Waals surface area contributed by atoms with Gasteiger partial charge in [-0.3, -0.25) is 14.9 Å². The Kier molecular flexibility index (Phi) is 4.85. The van der Waals surface area contributed by atoms with Gasteiger partial charge in [-0.1, -0.05) is 29.4 Å². The number of nitro groups is 1. The topological polar surface area (TPSA) is 96.0 Å². The van der Waals surface area contributed by atoms with Crippen LogP contribution in [0, 0.1) is 22.5 Å². The monoisotopic (exact) mass is 407 g/mol. The molecule has 0 N–H and O–H groups in total. The van der Waals surface area contributed by atoms with Crippen molar-refractivity contribution in [3.8, 4) is 23.8 Å². The van der Waals surface area contributed by atoms with E-state index in [0.717, 1.165) is 10.2 Å². The first kappa shape index (κ1) is 18.5. The van der Waals surface area contributed by atoms with Crippen LogP contribution in [-0.2, 0) is 11.3 Å². The fourth-order valence-electron chi connectivity index (χ4n) is 2.83. The molecule has 144 valence electrons. The molecule has 2 heterocycles. The molecule has 1 aliphatic rings. The fraction of sp³-hybridized carbons (Fsp3) is 0.100. The van der Waals surface area contributed by atoms with E-state index >= 15 is 0 Å². The van der Waals surface area contributed by atoms with Crippen LogP contribution in [-0.4, -0.2) is 22.2 Å². The average Bonchev–Trinajstić information content (AvgIpc) is 3.29. The quantitative estimate of drug-likeness (QED) is 0.287. The van der Waals surface area contributed by atoms with Gasteiger partial charge in [0.1, 0.15) is 0 Å². The zero-order valence-corrected chi connectivity index (χ0v) is 15.7. The predicted molar refractivity (Wildman–Crippen MR) is 107 cm³/mol. The molecular formula is C20H13N3O5S. The number of hydrogen-bond acceptors (Lipinski definition) is 6. The summed E-state index contributed by atoms with van der Waals surface area (Å²) in [5, 5.41) is 10.9. The Labute approximate surface area is 168 Å². The highest BCUT2D eigenvalue weighted by Crippen LogP contribution is 2.36. The molecule has 3 aromatic rings. The van der Waals surface area contributed by atoms with Crippen LogP contribution in [0.5, 0.6) is 11.5 Å². The summed E-state index contributed by atoms with van der Waals surface area (Å²) in [5.41, 5.74) is 1.28. The molecular weight excluding hydrogens is 394 g/mol. The van der Waals surface area contributed by atoms with Gasteiger partial charge in [0, 0.05) is 30.3 Å². The number of nitrogens with zero attached hydrogens (tertiary/aromatic N) is 3. The number of carbonyl (C=O) groups excluding carboxylic acids is 1. The second kappa shape index (κ2) is 7.61. The van der Waals surface area contributed by atoms with Crippen LogP contribution in [0.2, 0.25) is 0 Å². The first-order chi connectivity index (χ1) is 14.0. The molecule has 0 fully saturated rings. The van der Waals surface area contributed by atoms with Crippen molar-refractivity contribution in [1.29, 1.82) is 0 Å². The van der Waals surface area contributed by atoms with Gasteiger partial charge in [0.05, 0.1) is 21.7 Å². The van der Waals surface area contributed by atoms with Crippen molar-refractivity contribution in [2.75, 3.05) is 6.79 Å². The number of benzene rings is 2. The number of fused-ring (bicyclic) bond motifs is 2.